The lowest BCUT2D eigenvalue weighted by Gasteiger charge is -2.10. The zero-order valence-electron chi connectivity index (χ0n) is 9.25. The van der Waals surface area contributed by atoms with Crippen molar-refractivity contribution in [2.24, 2.45) is 0 Å². The van der Waals surface area contributed by atoms with Gasteiger partial charge in [-0.15, -0.1) is 0 Å². The minimum Gasteiger partial charge on any atom is -0.478 e. The van der Waals surface area contributed by atoms with Crippen LogP contribution < -0.4 is 5.32 Å². The van der Waals surface area contributed by atoms with E-state index in [0.717, 1.165) is 21.3 Å². The summed E-state index contributed by atoms with van der Waals surface area (Å²) < 4.78 is 1.04. The molecule has 0 heterocycles. The first-order chi connectivity index (χ1) is 7.50. The van der Waals surface area contributed by atoms with Crippen LogP contribution in [0.1, 0.15) is 12.5 Å². The predicted molar refractivity (Wildman–Crippen MR) is 68.8 cm³/mol. The summed E-state index contributed by atoms with van der Waals surface area (Å²) in [6.07, 6.45) is 1.21. The Labute approximate surface area is 103 Å². The molecule has 0 radical (unpaired) electrons. The van der Waals surface area contributed by atoms with Crippen molar-refractivity contribution in [3.8, 4) is 0 Å². The highest BCUT2D eigenvalue weighted by atomic mass is 79.9. The van der Waals surface area contributed by atoms with Crippen LogP contribution in [-0.4, -0.2) is 17.6 Å². The number of rotatable bonds is 4. The fourth-order valence-electron chi connectivity index (χ4n) is 1.30. The fraction of sp³-hybridized carbons (Fsp3) is 0.250. The number of nitrogens with one attached hydrogen (secondary N) is 1. The third-order valence-electron chi connectivity index (χ3n) is 2.20. The van der Waals surface area contributed by atoms with Gasteiger partial charge in [0.25, 0.3) is 0 Å². The summed E-state index contributed by atoms with van der Waals surface area (Å²) in [6.45, 7) is 4.32. The van der Waals surface area contributed by atoms with Gasteiger partial charge in [0.1, 0.15) is 0 Å². The number of aliphatic carboxylic acids is 1. The number of hydrogen-bond acceptors (Lipinski definition) is 2. The second kappa shape index (κ2) is 5.70. The van der Waals surface area contributed by atoms with E-state index >= 15 is 0 Å². The topological polar surface area (TPSA) is 49.3 Å². The normalized spacial score (nSPS) is 11.3. The van der Waals surface area contributed by atoms with Crippen molar-refractivity contribution in [2.45, 2.75) is 13.8 Å². The Morgan fingerprint density at radius 1 is 1.56 bits per heavy atom. The predicted octanol–water partition coefficient (Wildman–Crippen LogP) is 3.20. The lowest BCUT2D eigenvalue weighted by atomic mass is 10.2. The smallest absolute Gasteiger partial charge is 0.328 e. The van der Waals surface area contributed by atoms with E-state index in [1.165, 1.54) is 6.08 Å². The van der Waals surface area contributed by atoms with Crippen molar-refractivity contribution in [3.05, 3.63) is 39.9 Å². The molecule has 1 aromatic carbocycles. The monoisotopic (exact) mass is 283 g/mol. The van der Waals surface area contributed by atoms with Crippen LogP contribution in [0.15, 0.2) is 34.3 Å². The Morgan fingerprint density at radius 3 is 2.88 bits per heavy atom. The van der Waals surface area contributed by atoms with Crippen LogP contribution >= 0.6 is 15.9 Å². The molecule has 0 aliphatic rings. The number of benzene rings is 1. The standard InChI is InChI=1S/C12H14BrNO2/c1-8(6-12(15)16)7-14-11-5-3-4-10(13)9(11)2/h3-6,14H,7H2,1-2H3,(H,15,16)/b8-6-. The van der Waals surface area contributed by atoms with Crippen molar-refractivity contribution in [1.82, 2.24) is 0 Å². The van der Waals surface area contributed by atoms with Crippen LogP contribution in [0.4, 0.5) is 5.69 Å². The second-order valence-electron chi connectivity index (χ2n) is 3.59. The molecule has 16 heavy (non-hydrogen) atoms. The maximum absolute atomic E-state index is 10.4. The Bertz CT molecular complexity index is 427. The first kappa shape index (κ1) is 12.8. The molecule has 2 N–H and O–H groups in total. The number of halogens is 1. The van der Waals surface area contributed by atoms with Gasteiger partial charge >= 0.3 is 5.97 Å². The van der Waals surface area contributed by atoms with E-state index in [9.17, 15) is 4.79 Å². The van der Waals surface area contributed by atoms with Crippen LogP contribution in [0.25, 0.3) is 0 Å². The molecule has 0 bridgehead atoms. The van der Waals surface area contributed by atoms with Crippen LogP contribution in [0.5, 0.6) is 0 Å². The van der Waals surface area contributed by atoms with Gasteiger partial charge in [0.2, 0.25) is 0 Å². The SMILES string of the molecule is C/C(=C/C(=O)O)CNc1cccc(Br)c1C. The van der Waals surface area contributed by atoms with Crippen LogP contribution in [0.3, 0.4) is 0 Å². The van der Waals surface area contributed by atoms with E-state index in [4.69, 9.17) is 5.11 Å². The van der Waals surface area contributed by atoms with Gasteiger partial charge in [-0.3, -0.25) is 0 Å². The molecule has 0 amide bonds. The molecule has 0 aliphatic heterocycles. The average Bonchev–Trinajstić information content (AvgIpc) is 2.19. The van der Waals surface area contributed by atoms with Gasteiger partial charge in [0.05, 0.1) is 0 Å². The summed E-state index contributed by atoms with van der Waals surface area (Å²) in [6, 6.07) is 5.88. The third kappa shape index (κ3) is 3.70. The molecule has 0 aliphatic carbocycles. The molecular formula is C12H14BrNO2. The highest BCUT2D eigenvalue weighted by molar-refractivity contribution is 9.10. The van der Waals surface area contributed by atoms with Crippen molar-refractivity contribution >= 4 is 27.6 Å². The first-order valence-electron chi connectivity index (χ1n) is 4.90. The molecule has 0 saturated heterocycles. The van der Waals surface area contributed by atoms with Gasteiger partial charge in [0.15, 0.2) is 0 Å². The molecule has 0 aromatic heterocycles. The third-order valence-corrected chi connectivity index (χ3v) is 3.05. The largest absolute Gasteiger partial charge is 0.478 e. The minimum atomic E-state index is -0.912. The molecule has 1 aromatic rings. The number of anilines is 1. The summed E-state index contributed by atoms with van der Waals surface area (Å²) in [5.74, 6) is -0.912. The van der Waals surface area contributed by atoms with E-state index in [1.54, 1.807) is 6.92 Å². The summed E-state index contributed by atoms with van der Waals surface area (Å²) >= 11 is 3.44. The van der Waals surface area contributed by atoms with Gasteiger partial charge in [0, 0.05) is 22.8 Å². The zero-order chi connectivity index (χ0) is 12.1. The van der Waals surface area contributed by atoms with Gasteiger partial charge in [-0.05, 0) is 37.1 Å². The van der Waals surface area contributed by atoms with E-state index in [1.807, 2.05) is 25.1 Å². The van der Waals surface area contributed by atoms with Crippen LogP contribution in [0.2, 0.25) is 0 Å². The summed E-state index contributed by atoms with van der Waals surface area (Å²) in [5.41, 5.74) is 2.91. The summed E-state index contributed by atoms with van der Waals surface area (Å²) in [4.78, 5) is 10.4. The van der Waals surface area contributed by atoms with E-state index in [-0.39, 0.29) is 0 Å². The van der Waals surface area contributed by atoms with Crippen LogP contribution in [0, 0.1) is 6.92 Å². The van der Waals surface area contributed by atoms with Crippen LogP contribution in [-0.2, 0) is 4.79 Å². The molecule has 3 nitrogen and oxygen atoms in total. The van der Waals surface area contributed by atoms with Crippen molar-refractivity contribution in [1.29, 1.82) is 0 Å². The quantitative estimate of drug-likeness (QED) is 0.835. The zero-order valence-corrected chi connectivity index (χ0v) is 10.8. The maximum atomic E-state index is 10.4. The van der Waals surface area contributed by atoms with Gasteiger partial charge < -0.3 is 10.4 Å². The van der Waals surface area contributed by atoms with Gasteiger partial charge in [-0.1, -0.05) is 22.0 Å². The second-order valence-corrected chi connectivity index (χ2v) is 4.45. The molecule has 0 atom stereocenters. The number of hydrogen-bond donors (Lipinski definition) is 2. The van der Waals surface area contributed by atoms with Gasteiger partial charge in [-0.25, -0.2) is 4.79 Å². The lowest BCUT2D eigenvalue weighted by molar-refractivity contribution is -0.131. The molecular weight excluding hydrogens is 270 g/mol. The molecule has 0 unspecified atom stereocenters. The lowest BCUT2D eigenvalue weighted by Crippen LogP contribution is -2.05. The molecule has 0 spiro atoms. The van der Waals surface area contributed by atoms with Crippen molar-refractivity contribution in [3.63, 3.8) is 0 Å². The molecule has 0 saturated carbocycles. The molecule has 0 fully saturated rings. The van der Waals surface area contributed by atoms with Crippen molar-refractivity contribution < 1.29 is 9.90 Å². The number of carboxylic acid groups (broad SMARTS) is 1. The molecule has 4 heteroatoms. The highest BCUT2D eigenvalue weighted by Crippen LogP contribution is 2.23. The summed E-state index contributed by atoms with van der Waals surface area (Å²) in [7, 11) is 0. The molecule has 1 rings (SSSR count). The average molecular weight is 284 g/mol. The minimum absolute atomic E-state index is 0.531. The van der Waals surface area contributed by atoms with Crippen molar-refractivity contribution in [2.75, 3.05) is 11.9 Å². The Balaban J connectivity index is 2.68. The van der Waals surface area contributed by atoms with Gasteiger partial charge in [-0.2, -0.15) is 0 Å². The first-order valence-corrected chi connectivity index (χ1v) is 5.69. The molecule has 86 valence electrons. The highest BCUT2D eigenvalue weighted by Gasteiger charge is 2.01. The maximum Gasteiger partial charge on any atom is 0.328 e. The Hall–Kier alpha value is -1.29. The fourth-order valence-corrected chi connectivity index (χ4v) is 1.66. The summed E-state index contributed by atoms with van der Waals surface area (Å²) in [5, 5.41) is 11.8. The van der Waals surface area contributed by atoms with E-state index in [2.05, 4.69) is 21.2 Å². The Kier molecular flexibility index (Phi) is 4.55. The van der Waals surface area contributed by atoms with E-state index in [0.29, 0.717) is 6.54 Å². The Morgan fingerprint density at radius 2 is 2.25 bits per heavy atom. The van der Waals surface area contributed by atoms with E-state index < -0.39 is 5.97 Å². The number of carbonyl (C=O) groups is 1. The number of carboxylic acids is 1.